The van der Waals surface area contributed by atoms with E-state index in [-0.39, 0.29) is 33.5 Å². The van der Waals surface area contributed by atoms with Gasteiger partial charge < -0.3 is 14.8 Å². The quantitative estimate of drug-likeness (QED) is 0.152. The summed E-state index contributed by atoms with van der Waals surface area (Å²) < 4.78 is 28.8. The first-order valence-electron chi connectivity index (χ1n) is 17.1. The Morgan fingerprint density at radius 1 is 0.860 bits per heavy atom. The highest BCUT2D eigenvalue weighted by Crippen LogP contribution is 2.28. The lowest BCUT2D eigenvalue weighted by Crippen LogP contribution is -2.36. The molecule has 2 N–H and O–H groups in total. The summed E-state index contributed by atoms with van der Waals surface area (Å²) in [6.07, 6.45) is 5.89. The molecule has 0 fully saturated rings. The molecule has 0 saturated heterocycles. The molecule has 1 aromatic heterocycles. The maximum absolute atomic E-state index is 14.3. The first kappa shape index (κ1) is 34.6. The Bertz CT molecular complexity index is 2150. The van der Waals surface area contributed by atoms with Gasteiger partial charge in [0.15, 0.2) is 0 Å². The van der Waals surface area contributed by atoms with Crippen LogP contribution in [0.3, 0.4) is 0 Å². The van der Waals surface area contributed by atoms with Crippen molar-refractivity contribution >= 4 is 38.5 Å². The number of imidazole rings is 1. The summed E-state index contributed by atoms with van der Waals surface area (Å²) in [6, 6.07) is 24.4. The van der Waals surface area contributed by atoms with Gasteiger partial charge >= 0.3 is 0 Å². The number of fused-ring (bicyclic) bond motifs is 2. The summed E-state index contributed by atoms with van der Waals surface area (Å²) >= 11 is 0. The molecule has 0 bridgehead atoms. The molecule has 50 heavy (non-hydrogen) atoms. The molecule has 2 heterocycles. The minimum absolute atomic E-state index is 0.00737. The van der Waals surface area contributed by atoms with Gasteiger partial charge in [0.2, 0.25) is 0 Å². The second kappa shape index (κ2) is 15.1. The van der Waals surface area contributed by atoms with Gasteiger partial charge in [0.25, 0.3) is 27.7 Å². The van der Waals surface area contributed by atoms with Gasteiger partial charge in [-0.15, -0.1) is 0 Å². The van der Waals surface area contributed by atoms with Crippen LogP contribution in [0.15, 0.2) is 96.0 Å². The van der Waals surface area contributed by atoms with Gasteiger partial charge in [-0.05, 0) is 71.5 Å². The molecular formula is C39H41N5O5S. The van der Waals surface area contributed by atoms with Crippen molar-refractivity contribution in [2.45, 2.75) is 57.4 Å². The number of unbranched alkanes of at least 4 members (excludes halogenated alkanes) is 2. The lowest BCUT2D eigenvalue weighted by atomic mass is 9.97. The van der Waals surface area contributed by atoms with E-state index in [1.807, 2.05) is 41.3 Å². The molecule has 0 atom stereocenters. The second-order valence-electron chi connectivity index (χ2n) is 12.6. The number of sulfonamides is 1. The van der Waals surface area contributed by atoms with Crippen LogP contribution in [0, 0.1) is 0 Å². The number of amides is 3. The van der Waals surface area contributed by atoms with Crippen LogP contribution in [-0.2, 0) is 23.0 Å². The molecule has 5 aromatic rings. The molecule has 1 aliphatic rings. The van der Waals surface area contributed by atoms with Gasteiger partial charge in [-0.3, -0.25) is 14.4 Å². The largest absolute Gasteiger partial charge is 0.344 e. The summed E-state index contributed by atoms with van der Waals surface area (Å²) in [5, 5.41) is 1.59. The van der Waals surface area contributed by atoms with Crippen LogP contribution in [0.2, 0.25) is 0 Å². The van der Waals surface area contributed by atoms with E-state index in [1.54, 1.807) is 29.3 Å². The zero-order valence-electron chi connectivity index (χ0n) is 28.3. The Morgan fingerprint density at radius 3 is 2.30 bits per heavy atom. The zero-order chi connectivity index (χ0) is 35.3. The number of nitrogens with zero attached hydrogens (tertiary/aromatic N) is 3. The normalized spacial score (nSPS) is 12.8. The topological polar surface area (TPSA) is 133 Å². The molecule has 6 rings (SSSR count). The summed E-state index contributed by atoms with van der Waals surface area (Å²) in [5.41, 5.74) is 3.01. The standard InChI is InChI=1S/C39H41N5O5S/c1-3-5-20-43(21-6-4-2)39(47)35-25-40-36(41-35)33-18-16-30(24-34(33)38(46)44-22-19-28-12-8-10-14-31(28)26-44)37(45)42-50(48,49)32-17-15-27-11-7-9-13-29(27)23-32/h7-18,23-25H,3-6,19-22,26H2,1-2H3,(H,40,41)(H,42,45). The van der Waals surface area contributed by atoms with Crippen molar-refractivity contribution < 1.29 is 22.8 Å². The van der Waals surface area contributed by atoms with Crippen molar-refractivity contribution in [3.63, 3.8) is 0 Å². The Balaban J connectivity index is 1.33. The summed E-state index contributed by atoms with van der Waals surface area (Å²) in [5.74, 6) is -1.10. The van der Waals surface area contributed by atoms with Crippen LogP contribution in [0.4, 0.5) is 0 Å². The number of carbonyl (C=O) groups is 3. The maximum Gasteiger partial charge on any atom is 0.274 e. The van der Waals surface area contributed by atoms with Crippen molar-refractivity contribution in [2.24, 2.45) is 0 Å². The minimum Gasteiger partial charge on any atom is -0.344 e. The van der Waals surface area contributed by atoms with Crippen molar-refractivity contribution in [3.8, 4) is 11.4 Å². The second-order valence-corrected chi connectivity index (χ2v) is 14.3. The van der Waals surface area contributed by atoms with Crippen LogP contribution >= 0.6 is 0 Å². The predicted molar refractivity (Wildman–Crippen MR) is 193 cm³/mol. The van der Waals surface area contributed by atoms with Gasteiger partial charge in [0.1, 0.15) is 11.5 Å². The number of benzene rings is 4. The lowest BCUT2D eigenvalue weighted by molar-refractivity contribution is 0.0732. The number of aromatic nitrogens is 2. The third kappa shape index (κ3) is 7.47. The number of hydrogen-bond acceptors (Lipinski definition) is 6. The van der Waals surface area contributed by atoms with Gasteiger partial charge in [0, 0.05) is 43.5 Å². The molecule has 3 amide bonds. The van der Waals surface area contributed by atoms with E-state index in [2.05, 4.69) is 34.6 Å². The van der Waals surface area contributed by atoms with Crippen LogP contribution in [-0.4, -0.2) is 65.5 Å². The molecule has 258 valence electrons. The molecule has 0 saturated carbocycles. The molecule has 0 unspecified atom stereocenters. The van der Waals surface area contributed by atoms with Crippen LogP contribution in [0.25, 0.3) is 22.2 Å². The molecular weight excluding hydrogens is 651 g/mol. The summed E-state index contributed by atoms with van der Waals surface area (Å²) in [6.45, 7) is 6.27. The van der Waals surface area contributed by atoms with E-state index in [0.717, 1.165) is 42.0 Å². The van der Waals surface area contributed by atoms with Crippen molar-refractivity contribution in [1.82, 2.24) is 24.5 Å². The fourth-order valence-corrected chi connectivity index (χ4v) is 7.24. The molecule has 0 radical (unpaired) electrons. The molecule has 4 aromatic carbocycles. The Labute approximate surface area is 292 Å². The average molecular weight is 692 g/mol. The highest BCUT2D eigenvalue weighted by atomic mass is 32.2. The zero-order valence-corrected chi connectivity index (χ0v) is 29.1. The number of hydrogen-bond donors (Lipinski definition) is 2. The van der Waals surface area contributed by atoms with Gasteiger partial charge in [-0.1, -0.05) is 81.3 Å². The van der Waals surface area contributed by atoms with Crippen molar-refractivity contribution in [1.29, 1.82) is 0 Å². The predicted octanol–water partition coefficient (Wildman–Crippen LogP) is 6.59. The van der Waals surface area contributed by atoms with Crippen molar-refractivity contribution in [2.75, 3.05) is 19.6 Å². The van der Waals surface area contributed by atoms with Gasteiger partial charge in [0.05, 0.1) is 10.5 Å². The van der Waals surface area contributed by atoms with Crippen LogP contribution < -0.4 is 4.72 Å². The SMILES string of the molecule is CCCCN(CCCC)C(=O)c1c[nH]c(-c2ccc(C(=O)NS(=O)(=O)c3ccc4ccccc4c3)cc2C(=O)N2CCc3ccccc3C2)n1. The van der Waals surface area contributed by atoms with Crippen LogP contribution in [0.5, 0.6) is 0 Å². The third-order valence-electron chi connectivity index (χ3n) is 9.09. The molecule has 10 nitrogen and oxygen atoms in total. The number of carbonyl (C=O) groups excluding carboxylic acids is 3. The van der Waals surface area contributed by atoms with E-state index < -0.39 is 15.9 Å². The Morgan fingerprint density at radius 2 is 1.56 bits per heavy atom. The van der Waals surface area contributed by atoms with Gasteiger partial charge in [-0.2, -0.15) is 0 Å². The first-order chi connectivity index (χ1) is 24.2. The molecule has 0 spiro atoms. The summed E-state index contributed by atoms with van der Waals surface area (Å²) in [7, 11) is -4.23. The summed E-state index contributed by atoms with van der Waals surface area (Å²) in [4.78, 5) is 52.5. The number of nitrogens with one attached hydrogen (secondary N) is 2. The molecule has 0 aliphatic carbocycles. The van der Waals surface area contributed by atoms with E-state index in [0.29, 0.717) is 44.0 Å². The van der Waals surface area contributed by atoms with Crippen LogP contribution in [0.1, 0.15) is 81.9 Å². The van der Waals surface area contributed by atoms with E-state index in [4.69, 9.17) is 0 Å². The smallest absolute Gasteiger partial charge is 0.274 e. The highest BCUT2D eigenvalue weighted by molar-refractivity contribution is 7.90. The monoisotopic (exact) mass is 691 g/mol. The fraction of sp³-hybridized carbons (Fsp3) is 0.282. The number of rotatable bonds is 12. The minimum atomic E-state index is -4.23. The lowest BCUT2D eigenvalue weighted by Gasteiger charge is -2.29. The maximum atomic E-state index is 14.3. The van der Waals surface area contributed by atoms with E-state index in [1.165, 1.54) is 29.8 Å². The van der Waals surface area contributed by atoms with Crippen molar-refractivity contribution in [3.05, 3.63) is 119 Å². The molecule has 1 aliphatic heterocycles. The fourth-order valence-electron chi connectivity index (χ4n) is 6.23. The van der Waals surface area contributed by atoms with Gasteiger partial charge in [-0.25, -0.2) is 18.1 Å². The first-order valence-corrected chi connectivity index (χ1v) is 18.6. The average Bonchev–Trinajstić information content (AvgIpc) is 3.64. The Hall–Kier alpha value is -5.29. The number of H-pyrrole nitrogens is 1. The molecule has 11 heteroatoms. The number of aromatic amines is 1. The highest BCUT2D eigenvalue weighted by Gasteiger charge is 2.28. The van der Waals surface area contributed by atoms with E-state index >= 15 is 0 Å². The Kier molecular flexibility index (Phi) is 10.4. The third-order valence-corrected chi connectivity index (χ3v) is 10.4. The van der Waals surface area contributed by atoms with E-state index in [9.17, 15) is 22.8 Å².